The SMILES string of the molecule is Cc1noc(CNC(=O)c2cc(C(F)(F)F)ccc2N)n1. The Morgan fingerprint density at radius 3 is 2.71 bits per heavy atom. The number of halogens is 3. The Balaban J connectivity index is 2.15. The minimum absolute atomic E-state index is 0.0535. The predicted molar refractivity (Wildman–Crippen MR) is 66.1 cm³/mol. The molecule has 2 rings (SSSR count). The van der Waals surface area contributed by atoms with E-state index in [1.165, 1.54) is 0 Å². The lowest BCUT2D eigenvalue weighted by Crippen LogP contribution is -2.24. The molecule has 21 heavy (non-hydrogen) atoms. The number of anilines is 1. The van der Waals surface area contributed by atoms with E-state index in [1.54, 1.807) is 6.92 Å². The Labute approximate surface area is 117 Å². The van der Waals surface area contributed by atoms with Gasteiger partial charge in [-0.3, -0.25) is 4.79 Å². The van der Waals surface area contributed by atoms with E-state index in [0.717, 1.165) is 12.1 Å². The summed E-state index contributed by atoms with van der Waals surface area (Å²) >= 11 is 0. The molecule has 1 aromatic heterocycles. The van der Waals surface area contributed by atoms with Crippen LogP contribution in [0.4, 0.5) is 18.9 Å². The number of carbonyl (C=O) groups is 1. The van der Waals surface area contributed by atoms with Gasteiger partial charge in [0, 0.05) is 5.69 Å². The van der Waals surface area contributed by atoms with Crippen molar-refractivity contribution in [2.75, 3.05) is 5.73 Å². The van der Waals surface area contributed by atoms with Crippen LogP contribution in [0.5, 0.6) is 0 Å². The first-order valence-electron chi connectivity index (χ1n) is 5.81. The first-order valence-corrected chi connectivity index (χ1v) is 5.81. The summed E-state index contributed by atoms with van der Waals surface area (Å²) in [4.78, 5) is 15.7. The largest absolute Gasteiger partial charge is 0.416 e. The minimum Gasteiger partial charge on any atom is -0.398 e. The predicted octanol–water partition coefficient (Wildman–Crippen LogP) is 1.91. The molecule has 3 N–H and O–H groups in total. The lowest BCUT2D eigenvalue weighted by Gasteiger charge is -2.10. The van der Waals surface area contributed by atoms with Gasteiger partial charge in [-0.1, -0.05) is 5.16 Å². The summed E-state index contributed by atoms with van der Waals surface area (Å²) in [5.74, 6) is -0.223. The summed E-state index contributed by atoms with van der Waals surface area (Å²) in [5, 5.41) is 5.89. The van der Waals surface area contributed by atoms with Crippen molar-refractivity contribution in [1.82, 2.24) is 15.5 Å². The van der Waals surface area contributed by atoms with Gasteiger partial charge in [-0.25, -0.2) is 0 Å². The summed E-state index contributed by atoms with van der Waals surface area (Å²) in [5.41, 5.74) is 4.26. The van der Waals surface area contributed by atoms with Crippen LogP contribution < -0.4 is 11.1 Å². The molecule has 1 aromatic carbocycles. The van der Waals surface area contributed by atoms with Gasteiger partial charge < -0.3 is 15.6 Å². The monoisotopic (exact) mass is 300 g/mol. The van der Waals surface area contributed by atoms with Crippen molar-refractivity contribution in [3.05, 3.63) is 41.0 Å². The topological polar surface area (TPSA) is 94.0 Å². The second kappa shape index (κ2) is 5.43. The van der Waals surface area contributed by atoms with E-state index in [9.17, 15) is 18.0 Å². The van der Waals surface area contributed by atoms with Crippen LogP contribution in [0.15, 0.2) is 22.7 Å². The van der Waals surface area contributed by atoms with Crippen molar-refractivity contribution >= 4 is 11.6 Å². The van der Waals surface area contributed by atoms with Gasteiger partial charge in [-0.15, -0.1) is 0 Å². The molecule has 6 nitrogen and oxygen atoms in total. The number of hydrogen-bond acceptors (Lipinski definition) is 5. The molecule has 0 spiro atoms. The van der Waals surface area contributed by atoms with Crippen LogP contribution in [0, 0.1) is 6.92 Å². The Morgan fingerprint density at radius 1 is 1.43 bits per heavy atom. The molecule has 1 heterocycles. The number of nitrogens with one attached hydrogen (secondary N) is 1. The van der Waals surface area contributed by atoms with E-state index in [0.29, 0.717) is 11.9 Å². The van der Waals surface area contributed by atoms with Crippen molar-refractivity contribution in [3.8, 4) is 0 Å². The molecule has 0 saturated carbocycles. The summed E-state index contributed by atoms with van der Waals surface area (Å²) in [7, 11) is 0. The molecule has 0 bridgehead atoms. The van der Waals surface area contributed by atoms with Crippen molar-refractivity contribution in [1.29, 1.82) is 0 Å². The van der Waals surface area contributed by atoms with E-state index in [-0.39, 0.29) is 23.7 Å². The molecule has 0 aliphatic rings. The van der Waals surface area contributed by atoms with E-state index in [2.05, 4.69) is 15.5 Å². The quantitative estimate of drug-likeness (QED) is 0.844. The highest BCUT2D eigenvalue weighted by Gasteiger charge is 2.31. The number of aryl methyl sites for hydroxylation is 1. The molecule has 1 amide bonds. The Kier molecular flexibility index (Phi) is 3.83. The van der Waals surface area contributed by atoms with E-state index in [4.69, 9.17) is 10.3 Å². The fourth-order valence-electron chi connectivity index (χ4n) is 1.59. The van der Waals surface area contributed by atoms with E-state index >= 15 is 0 Å². The van der Waals surface area contributed by atoms with Gasteiger partial charge in [0.25, 0.3) is 5.91 Å². The number of nitrogen functional groups attached to an aromatic ring is 1. The third kappa shape index (κ3) is 3.50. The maximum absolute atomic E-state index is 12.6. The van der Waals surface area contributed by atoms with Gasteiger partial charge in [0.15, 0.2) is 5.82 Å². The Morgan fingerprint density at radius 2 is 2.14 bits per heavy atom. The minimum atomic E-state index is -4.55. The van der Waals surface area contributed by atoms with Gasteiger partial charge in [0.2, 0.25) is 5.89 Å². The number of alkyl halides is 3. The molecular weight excluding hydrogens is 289 g/mol. The van der Waals surface area contributed by atoms with Crippen LogP contribution in [-0.4, -0.2) is 16.0 Å². The number of nitrogens with two attached hydrogens (primary N) is 1. The second-order valence-electron chi connectivity index (χ2n) is 4.22. The van der Waals surface area contributed by atoms with Crippen LogP contribution in [0.1, 0.15) is 27.6 Å². The highest BCUT2D eigenvalue weighted by atomic mass is 19.4. The third-order valence-electron chi connectivity index (χ3n) is 2.60. The van der Waals surface area contributed by atoms with Gasteiger partial charge in [0.05, 0.1) is 17.7 Å². The molecule has 0 atom stereocenters. The molecule has 112 valence electrons. The Bertz CT molecular complexity index is 667. The number of nitrogens with zero attached hydrogens (tertiary/aromatic N) is 2. The van der Waals surface area contributed by atoms with Gasteiger partial charge in [0.1, 0.15) is 0 Å². The van der Waals surface area contributed by atoms with Crippen LogP contribution in [0.2, 0.25) is 0 Å². The summed E-state index contributed by atoms with van der Waals surface area (Å²) in [6, 6.07) is 2.55. The van der Waals surface area contributed by atoms with Crippen LogP contribution in [0.3, 0.4) is 0 Å². The zero-order valence-electron chi connectivity index (χ0n) is 10.9. The molecule has 2 aromatic rings. The van der Waals surface area contributed by atoms with Crippen LogP contribution in [0.25, 0.3) is 0 Å². The van der Waals surface area contributed by atoms with Gasteiger partial charge in [-0.2, -0.15) is 18.2 Å². The summed E-state index contributed by atoms with van der Waals surface area (Å²) in [6.07, 6.45) is -4.55. The zero-order valence-corrected chi connectivity index (χ0v) is 10.9. The molecule has 0 radical (unpaired) electrons. The van der Waals surface area contributed by atoms with Gasteiger partial charge in [-0.05, 0) is 25.1 Å². The zero-order chi connectivity index (χ0) is 15.6. The average molecular weight is 300 g/mol. The molecule has 0 saturated heterocycles. The first kappa shape index (κ1) is 14.8. The lowest BCUT2D eigenvalue weighted by molar-refractivity contribution is -0.137. The molecule has 0 aliphatic heterocycles. The maximum Gasteiger partial charge on any atom is 0.416 e. The first-order chi connectivity index (χ1) is 9.77. The number of hydrogen-bond donors (Lipinski definition) is 2. The normalized spacial score (nSPS) is 11.4. The fraction of sp³-hybridized carbons (Fsp3) is 0.250. The van der Waals surface area contributed by atoms with Crippen LogP contribution >= 0.6 is 0 Å². The maximum atomic E-state index is 12.6. The van der Waals surface area contributed by atoms with Crippen molar-refractivity contribution in [3.63, 3.8) is 0 Å². The van der Waals surface area contributed by atoms with Crippen molar-refractivity contribution < 1.29 is 22.5 Å². The van der Waals surface area contributed by atoms with Gasteiger partial charge >= 0.3 is 6.18 Å². The van der Waals surface area contributed by atoms with Crippen molar-refractivity contribution in [2.24, 2.45) is 0 Å². The second-order valence-corrected chi connectivity index (χ2v) is 4.22. The van der Waals surface area contributed by atoms with Crippen molar-refractivity contribution in [2.45, 2.75) is 19.6 Å². The molecule has 0 fully saturated rings. The van der Waals surface area contributed by atoms with E-state index in [1.807, 2.05) is 0 Å². The smallest absolute Gasteiger partial charge is 0.398 e. The molecule has 9 heteroatoms. The third-order valence-corrected chi connectivity index (χ3v) is 2.60. The molecular formula is C12H11F3N4O2. The summed E-state index contributed by atoms with van der Waals surface area (Å²) in [6.45, 7) is 1.50. The fourth-order valence-corrected chi connectivity index (χ4v) is 1.59. The van der Waals surface area contributed by atoms with E-state index < -0.39 is 17.6 Å². The Hall–Kier alpha value is -2.58. The lowest BCUT2D eigenvalue weighted by atomic mass is 10.1. The average Bonchev–Trinajstić information content (AvgIpc) is 2.81. The number of rotatable bonds is 3. The number of carbonyl (C=O) groups excluding carboxylic acids is 1. The number of benzene rings is 1. The molecule has 0 unspecified atom stereocenters. The highest BCUT2D eigenvalue weighted by molar-refractivity contribution is 5.99. The number of amides is 1. The highest BCUT2D eigenvalue weighted by Crippen LogP contribution is 2.31. The standard InChI is InChI=1S/C12H11F3N4O2/c1-6-18-10(21-19-6)5-17-11(20)8-4-7(12(13,14)15)2-3-9(8)16/h2-4H,5,16H2,1H3,(H,17,20). The summed E-state index contributed by atoms with van der Waals surface area (Å²) < 4.78 is 42.6. The van der Waals surface area contributed by atoms with Crippen LogP contribution in [-0.2, 0) is 12.7 Å². The molecule has 0 aliphatic carbocycles. The number of aromatic nitrogens is 2.